The van der Waals surface area contributed by atoms with Crippen molar-refractivity contribution < 1.29 is 10.0 Å². The third-order valence-corrected chi connectivity index (χ3v) is 2.14. The second-order valence-electron chi connectivity index (χ2n) is 3.61. The van der Waals surface area contributed by atoms with Gasteiger partial charge in [-0.3, -0.25) is 10.1 Å². The van der Waals surface area contributed by atoms with Crippen LogP contribution in [0.2, 0.25) is 0 Å². The van der Waals surface area contributed by atoms with Crippen LogP contribution in [0.1, 0.15) is 20.3 Å². The smallest absolute Gasteiger partial charge is 0.238 e. The number of nitrogens with two attached hydrogens (primary N) is 1. The van der Waals surface area contributed by atoms with E-state index >= 15 is 0 Å². The SMILES string of the molecule is CCC(NC(C)C(=O)N(C)C)C(N)=NO. The molecule has 0 radical (unpaired) electrons. The van der Waals surface area contributed by atoms with Gasteiger partial charge in [0.1, 0.15) is 0 Å². The third-order valence-electron chi connectivity index (χ3n) is 2.14. The number of carbonyl (C=O) groups is 1. The van der Waals surface area contributed by atoms with Crippen LogP contribution >= 0.6 is 0 Å². The molecule has 0 aromatic carbocycles. The number of oxime groups is 1. The first-order chi connectivity index (χ1) is 6.93. The highest BCUT2D eigenvalue weighted by Crippen LogP contribution is 1.96. The molecular formula is C9H20N4O2. The highest BCUT2D eigenvalue weighted by atomic mass is 16.4. The van der Waals surface area contributed by atoms with Crippen molar-refractivity contribution in [3.05, 3.63) is 0 Å². The molecule has 6 heteroatoms. The lowest BCUT2D eigenvalue weighted by molar-refractivity contribution is -0.130. The van der Waals surface area contributed by atoms with Gasteiger partial charge in [-0.2, -0.15) is 0 Å². The molecule has 0 aliphatic heterocycles. The number of nitrogens with zero attached hydrogens (tertiary/aromatic N) is 2. The van der Waals surface area contributed by atoms with Crippen molar-refractivity contribution in [3.8, 4) is 0 Å². The Kier molecular flexibility index (Phi) is 5.69. The van der Waals surface area contributed by atoms with Gasteiger partial charge in [0.25, 0.3) is 0 Å². The van der Waals surface area contributed by atoms with E-state index in [1.807, 2.05) is 6.92 Å². The zero-order valence-electron chi connectivity index (χ0n) is 9.69. The summed E-state index contributed by atoms with van der Waals surface area (Å²) in [5.74, 6) is 0.0510. The molecule has 0 aliphatic rings. The molecule has 0 saturated carbocycles. The van der Waals surface area contributed by atoms with Gasteiger partial charge >= 0.3 is 0 Å². The molecular weight excluding hydrogens is 196 g/mol. The maximum Gasteiger partial charge on any atom is 0.238 e. The summed E-state index contributed by atoms with van der Waals surface area (Å²) in [6.07, 6.45) is 0.654. The number of likely N-dealkylation sites (N-methyl/N-ethyl adjacent to an activating group) is 1. The lowest BCUT2D eigenvalue weighted by Crippen LogP contribution is -2.50. The van der Waals surface area contributed by atoms with Crippen LogP contribution in [0.5, 0.6) is 0 Å². The number of hydrogen-bond donors (Lipinski definition) is 3. The first kappa shape index (κ1) is 13.7. The van der Waals surface area contributed by atoms with E-state index in [-0.39, 0.29) is 23.8 Å². The van der Waals surface area contributed by atoms with Crippen molar-refractivity contribution >= 4 is 11.7 Å². The molecule has 0 bridgehead atoms. The topological polar surface area (TPSA) is 91.0 Å². The van der Waals surface area contributed by atoms with Crippen LogP contribution in [0.3, 0.4) is 0 Å². The summed E-state index contributed by atoms with van der Waals surface area (Å²) in [7, 11) is 3.37. The number of amides is 1. The first-order valence-electron chi connectivity index (χ1n) is 4.88. The minimum atomic E-state index is -0.356. The van der Waals surface area contributed by atoms with Crippen LogP contribution in [0.15, 0.2) is 5.16 Å². The van der Waals surface area contributed by atoms with Crippen LogP contribution in [0.25, 0.3) is 0 Å². The van der Waals surface area contributed by atoms with Crippen molar-refractivity contribution in [1.82, 2.24) is 10.2 Å². The molecule has 6 nitrogen and oxygen atoms in total. The highest BCUT2D eigenvalue weighted by Gasteiger charge is 2.20. The standard InChI is InChI=1S/C9H20N4O2/c1-5-7(8(10)12-15)11-6(2)9(14)13(3)4/h6-7,11,15H,5H2,1-4H3,(H2,10,12). The monoisotopic (exact) mass is 216 g/mol. The second-order valence-corrected chi connectivity index (χ2v) is 3.61. The number of rotatable bonds is 5. The molecule has 1 amide bonds. The predicted molar refractivity (Wildman–Crippen MR) is 58.8 cm³/mol. The largest absolute Gasteiger partial charge is 0.409 e. The van der Waals surface area contributed by atoms with E-state index in [1.54, 1.807) is 21.0 Å². The highest BCUT2D eigenvalue weighted by molar-refractivity contribution is 5.87. The quantitative estimate of drug-likeness (QED) is 0.252. The van der Waals surface area contributed by atoms with Crippen molar-refractivity contribution in [2.24, 2.45) is 10.9 Å². The Hall–Kier alpha value is -1.30. The summed E-state index contributed by atoms with van der Waals surface area (Å²) in [4.78, 5) is 13.0. The molecule has 0 rings (SSSR count). The third kappa shape index (κ3) is 4.16. The number of carbonyl (C=O) groups excluding carboxylic acids is 1. The van der Waals surface area contributed by atoms with Gasteiger partial charge in [0.15, 0.2) is 5.84 Å². The summed E-state index contributed by atoms with van der Waals surface area (Å²) in [6.45, 7) is 3.64. The summed E-state index contributed by atoms with van der Waals surface area (Å²) in [5, 5.41) is 14.4. The fourth-order valence-electron chi connectivity index (χ4n) is 1.24. The van der Waals surface area contributed by atoms with E-state index in [4.69, 9.17) is 10.9 Å². The van der Waals surface area contributed by atoms with Crippen LogP contribution in [-0.4, -0.2) is 48.0 Å². The van der Waals surface area contributed by atoms with Crippen molar-refractivity contribution in [2.45, 2.75) is 32.4 Å². The summed E-state index contributed by atoms with van der Waals surface area (Å²) in [5.41, 5.74) is 5.46. The molecule has 15 heavy (non-hydrogen) atoms. The van der Waals surface area contributed by atoms with Crippen LogP contribution < -0.4 is 11.1 Å². The summed E-state index contributed by atoms with van der Waals surface area (Å²) < 4.78 is 0. The average Bonchev–Trinajstić information content (AvgIpc) is 2.22. The lowest BCUT2D eigenvalue weighted by atomic mass is 10.1. The van der Waals surface area contributed by atoms with E-state index in [0.717, 1.165) is 0 Å². The molecule has 0 fully saturated rings. The molecule has 88 valence electrons. The summed E-state index contributed by atoms with van der Waals surface area (Å²) in [6, 6.07) is -0.640. The van der Waals surface area contributed by atoms with E-state index in [1.165, 1.54) is 4.90 Å². The molecule has 0 aromatic rings. The summed E-state index contributed by atoms with van der Waals surface area (Å²) >= 11 is 0. The number of hydrogen-bond acceptors (Lipinski definition) is 4. The minimum absolute atomic E-state index is 0.0424. The maximum atomic E-state index is 11.5. The van der Waals surface area contributed by atoms with Gasteiger partial charge in [0.05, 0.1) is 12.1 Å². The van der Waals surface area contributed by atoms with E-state index in [0.29, 0.717) is 6.42 Å². The van der Waals surface area contributed by atoms with Crippen LogP contribution in [0, 0.1) is 0 Å². The zero-order valence-corrected chi connectivity index (χ0v) is 9.69. The van der Waals surface area contributed by atoms with Gasteiger partial charge in [-0.05, 0) is 13.3 Å². The molecule has 0 aromatic heterocycles. The Bertz CT molecular complexity index is 240. The second kappa shape index (κ2) is 6.23. The van der Waals surface area contributed by atoms with Gasteiger partial charge in [-0.1, -0.05) is 12.1 Å². The minimum Gasteiger partial charge on any atom is -0.409 e. The number of amidine groups is 1. The van der Waals surface area contributed by atoms with Gasteiger partial charge in [0.2, 0.25) is 5.91 Å². The Morgan fingerprint density at radius 2 is 2.13 bits per heavy atom. The predicted octanol–water partition coefficient (Wildman–Crippen LogP) is -0.422. The molecule has 4 N–H and O–H groups in total. The van der Waals surface area contributed by atoms with E-state index in [2.05, 4.69) is 10.5 Å². The Morgan fingerprint density at radius 3 is 2.47 bits per heavy atom. The van der Waals surface area contributed by atoms with Crippen LogP contribution in [0.4, 0.5) is 0 Å². The molecule has 0 saturated heterocycles. The Balaban J connectivity index is 4.37. The van der Waals surface area contributed by atoms with E-state index < -0.39 is 0 Å². The molecule has 0 heterocycles. The molecule has 0 aliphatic carbocycles. The first-order valence-corrected chi connectivity index (χ1v) is 4.88. The Labute approximate surface area is 90.1 Å². The molecule has 2 unspecified atom stereocenters. The van der Waals surface area contributed by atoms with Crippen molar-refractivity contribution in [2.75, 3.05) is 14.1 Å². The average molecular weight is 216 g/mol. The van der Waals surface area contributed by atoms with Gasteiger partial charge in [0, 0.05) is 14.1 Å². The van der Waals surface area contributed by atoms with E-state index in [9.17, 15) is 4.79 Å². The van der Waals surface area contributed by atoms with Crippen molar-refractivity contribution in [3.63, 3.8) is 0 Å². The van der Waals surface area contributed by atoms with Crippen LogP contribution in [-0.2, 0) is 4.79 Å². The lowest BCUT2D eigenvalue weighted by Gasteiger charge is -2.22. The fraction of sp³-hybridized carbons (Fsp3) is 0.778. The van der Waals surface area contributed by atoms with Gasteiger partial charge in [-0.15, -0.1) is 0 Å². The maximum absolute atomic E-state index is 11.5. The number of nitrogens with one attached hydrogen (secondary N) is 1. The van der Waals surface area contributed by atoms with Gasteiger partial charge in [-0.25, -0.2) is 0 Å². The fourth-order valence-corrected chi connectivity index (χ4v) is 1.24. The molecule has 2 atom stereocenters. The van der Waals surface area contributed by atoms with Crippen molar-refractivity contribution in [1.29, 1.82) is 0 Å². The van der Waals surface area contributed by atoms with Gasteiger partial charge < -0.3 is 15.8 Å². The zero-order chi connectivity index (χ0) is 12.0. The Morgan fingerprint density at radius 1 is 1.60 bits per heavy atom. The normalized spacial score (nSPS) is 15.9. The molecule has 0 spiro atoms.